The SMILES string of the molecule is CC(=O)c1cc(-c2ncc(F)c(Nc3nnc(C(F)(F)F)s3)n2)nn1Cc1ccccc1F. The van der Waals surface area contributed by atoms with Crippen LogP contribution in [-0.2, 0) is 12.7 Å². The minimum absolute atomic E-state index is 0.0567. The predicted octanol–water partition coefficient (Wildman–Crippen LogP) is 4.48. The summed E-state index contributed by atoms with van der Waals surface area (Å²) in [5.41, 5.74) is 0.497. The Morgan fingerprint density at radius 1 is 1.15 bits per heavy atom. The molecule has 0 aliphatic rings. The van der Waals surface area contributed by atoms with Gasteiger partial charge in [0, 0.05) is 12.5 Å². The van der Waals surface area contributed by atoms with Crippen molar-refractivity contribution in [1.82, 2.24) is 29.9 Å². The van der Waals surface area contributed by atoms with Crippen LogP contribution < -0.4 is 5.32 Å². The quantitative estimate of drug-likeness (QED) is 0.320. The van der Waals surface area contributed by atoms with Crippen molar-refractivity contribution in [2.45, 2.75) is 19.6 Å². The molecule has 14 heteroatoms. The zero-order chi connectivity index (χ0) is 23.8. The number of benzene rings is 1. The maximum Gasteiger partial charge on any atom is 0.445 e. The fourth-order valence-corrected chi connectivity index (χ4v) is 3.40. The van der Waals surface area contributed by atoms with E-state index in [1.165, 1.54) is 35.9 Å². The van der Waals surface area contributed by atoms with Gasteiger partial charge < -0.3 is 5.32 Å². The predicted molar refractivity (Wildman–Crippen MR) is 107 cm³/mol. The Bertz CT molecular complexity index is 1330. The molecule has 0 unspecified atom stereocenters. The number of nitrogens with zero attached hydrogens (tertiary/aromatic N) is 6. The van der Waals surface area contributed by atoms with Crippen LogP contribution in [-0.4, -0.2) is 35.7 Å². The molecule has 170 valence electrons. The Labute approximate surface area is 186 Å². The Balaban J connectivity index is 1.66. The van der Waals surface area contributed by atoms with Crippen molar-refractivity contribution in [3.8, 4) is 11.5 Å². The second-order valence-electron chi connectivity index (χ2n) is 6.65. The first-order valence-electron chi connectivity index (χ1n) is 9.14. The van der Waals surface area contributed by atoms with Gasteiger partial charge in [0.05, 0.1) is 12.7 Å². The third-order valence-electron chi connectivity index (χ3n) is 4.28. The molecule has 0 bridgehead atoms. The number of nitrogens with one attached hydrogen (secondary N) is 1. The number of halogens is 5. The lowest BCUT2D eigenvalue weighted by Crippen LogP contribution is -2.10. The van der Waals surface area contributed by atoms with E-state index in [-0.39, 0.29) is 51.6 Å². The van der Waals surface area contributed by atoms with Crippen LogP contribution in [0.2, 0.25) is 0 Å². The van der Waals surface area contributed by atoms with Gasteiger partial charge in [-0.25, -0.2) is 18.7 Å². The molecule has 0 saturated carbocycles. The molecule has 4 aromatic rings. The van der Waals surface area contributed by atoms with Gasteiger partial charge in [-0.3, -0.25) is 9.48 Å². The van der Waals surface area contributed by atoms with Crippen LogP contribution in [0, 0.1) is 11.6 Å². The second-order valence-corrected chi connectivity index (χ2v) is 7.62. The standard InChI is InChI=1S/C19H12F5N7OS/c1-9(32)14-6-13(30-31(14)8-10-4-2-3-5-11(10)20)16-25-7-12(21)15(26-16)27-18-29-28-17(33-18)19(22,23)24/h2-7H,8H2,1H3,(H,25,26,27,29). The van der Waals surface area contributed by atoms with Gasteiger partial charge in [0.25, 0.3) is 0 Å². The van der Waals surface area contributed by atoms with Crippen molar-refractivity contribution in [1.29, 1.82) is 0 Å². The number of aromatic nitrogens is 6. The van der Waals surface area contributed by atoms with Gasteiger partial charge in [0.1, 0.15) is 17.2 Å². The summed E-state index contributed by atoms with van der Waals surface area (Å²) in [6.07, 6.45) is -3.90. The Morgan fingerprint density at radius 2 is 1.91 bits per heavy atom. The van der Waals surface area contributed by atoms with Crippen molar-refractivity contribution in [3.05, 3.63) is 64.4 Å². The number of alkyl halides is 3. The smallest absolute Gasteiger partial charge is 0.312 e. The van der Waals surface area contributed by atoms with E-state index in [1.807, 2.05) is 0 Å². The van der Waals surface area contributed by atoms with Gasteiger partial charge in [-0.1, -0.05) is 29.5 Å². The van der Waals surface area contributed by atoms with Crippen LogP contribution in [0.5, 0.6) is 0 Å². The van der Waals surface area contributed by atoms with E-state index in [1.54, 1.807) is 6.07 Å². The van der Waals surface area contributed by atoms with Gasteiger partial charge in [0.2, 0.25) is 10.1 Å². The van der Waals surface area contributed by atoms with E-state index < -0.39 is 28.6 Å². The molecule has 3 aromatic heterocycles. The molecule has 0 atom stereocenters. The lowest BCUT2D eigenvalue weighted by molar-refractivity contribution is -0.138. The van der Waals surface area contributed by atoms with Crippen LogP contribution >= 0.6 is 11.3 Å². The highest BCUT2D eigenvalue weighted by atomic mass is 32.1. The fourth-order valence-electron chi connectivity index (χ4n) is 2.79. The highest BCUT2D eigenvalue weighted by Gasteiger charge is 2.35. The molecule has 8 nitrogen and oxygen atoms in total. The Kier molecular flexibility index (Phi) is 5.84. The maximum atomic E-state index is 14.2. The largest absolute Gasteiger partial charge is 0.445 e. The fraction of sp³-hybridized carbons (Fsp3) is 0.158. The number of rotatable bonds is 6. The second kappa shape index (κ2) is 8.61. The normalized spacial score (nSPS) is 11.6. The number of carbonyl (C=O) groups excluding carboxylic acids is 1. The molecule has 0 spiro atoms. The summed E-state index contributed by atoms with van der Waals surface area (Å²) < 4.78 is 67.6. The monoisotopic (exact) mass is 481 g/mol. The van der Waals surface area contributed by atoms with Crippen LogP contribution in [0.1, 0.15) is 28.0 Å². The number of anilines is 2. The van der Waals surface area contributed by atoms with E-state index >= 15 is 0 Å². The first-order chi connectivity index (χ1) is 15.6. The third-order valence-corrected chi connectivity index (χ3v) is 5.17. The topological polar surface area (TPSA) is 98.5 Å². The summed E-state index contributed by atoms with van der Waals surface area (Å²) in [6, 6.07) is 7.32. The Hall–Kier alpha value is -3.81. The zero-order valence-electron chi connectivity index (χ0n) is 16.6. The minimum atomic E-state index is -4.69. The van der Waals surface area contributed by atoms with Gasteiger partial charge >= 0.3 is 6.18 Å². The average Bonchev–Trinajstić information content (AvgIpc) is 3.39. The van der Waals surface area contributed by atoms with Crippen LogP contribution in [0.15, 0.2) is 36.5 Å². The molecule has 0 fully saturated rings. The number of hydrogen-bond donors (Lipinski definition) is 1. The maximum absolute atomic E-state index is 14.2. The lowest BCUT2D eigenvalue weighted by atomic mass is 10.2. The summed E-state index contributed by atoms with van der Waals surface area (Å²) in [7, 11) is 0. The molecular formula is C19H12F5N7OS. The summed E-state index contributed by atoms with van der Waals surface area (Å²) >= 11 is 0.173. The number of hydrogen-bond acceptors (Lipinski definition) is 8. The first kappa shape index (κ1) is 22.4. The van der Waals surface area contributed by atoms with Crippen molar-refractivity contribution in [3.63, 3.8) is 0 Å². The van der Waals surface area contributed by atoms with Crippen molar-refractivity contribution >= 4 is 28.1 Å². The van der Waals surface area contributed by atoms with Crippen LogP contribution in [0.4, 0.5) is 32.9 Å². The Morgan fingerprint density at radius 3 is 2.58 bits per heavy atom. The van der Waals surface area contributed by atoms with Crippen molar-refractivity contribution in [2.75, 3.05) is 5.32 Å². The highest BCUT2D eigenvalue weighted by molar-refractivity contribution is 7.15. The third kappa shape index (κ3) is 4.84. The van der Waals surface area contributed by atoms with E-state index in [0.29, 0.717) is 0 Å². The molecule has 0 saturated heterocycles. The number of ketones is 1. The molecule has 3 heterocycles. The van der Waals surface area contributed by atoms with Crippen LogP contribution in [0.3, 0.4) is 0 Å². The molecule has 0 aliphatic heterocycles. The van der Waals surface area contributed by atoms with Crippen molar-refractivity contribution in [2.24, 2.45) is 0 Å². The van der Waals surface area contributed by atoms with E-state index in [2.05, 4.69) is 30.6 Å². The molecule has 1 aromatic carbocycles. The molecule has 0 aliphatic carbocycles. The summed E-state index contributed by atoms with van der Waals surface area (Å²) in [5, 5.41) is 11.4. The van der Waals surface area contributed by atoms with E-state index in [0.717, 1.165) is 6.20 Å². The molecule has 4 rings (SSSR count). The van der Waals surface area contributed by atoms with E-state index in [9.17, 15) is 26.7 Å². The summed E-state index contributed by atoms with van der Waals surface area (Å²) in [5.74, 6) is -2.38. The van der Waals surface area contributed by atoms with Gasteiger partial charge in [-0.05, 0) is 12.1 Å². The number of carbonyl (C=O) groups is 1. The zero-order valence-corrected chi connectivity index (χ0v) is 17.4. The highest BCUT2D eigenvalue weighted by Crippen LogP contribution is 2.34. The van der Waals surface area contributed by atoms with E-state index in [4.69, 9.17) is 0 Å². The molecular weight excluding hydrogens is 469 g/mol. The van der Waals surface area contributed by atoms with Gasteiger partial charge in [-0.2, -0.15) is 18.3 Å². The minimum Gasteiger partial charge on any atom is -0.312 e. The van der Waals surface area contributed by atoms with Gasteiger partial charge in [0.15, 0.2) is 23.2 Å². The average molecular weight is 481 g/mol. The summed E-state index contributed by atoms with van der Waals surface area (Å²) in [6.45, 7) is 1.24. The number of Topliss-reactive ketones (excluding diaryl/α,β-unsaturated/α-hetero) is 1. The molecule has 1 N–H and O–H groups in total. The van der Waals surface area contributed by atoms with Crippen molar-refractivity contribution < 1.29 is 26.7 Å². The first-order valence-corrected chi connectivity index (χ1v) is 9.96. The van der Waals surface area contributed by atoms with Crippen LogP contribution in [0.25, 0.3) is 11.5 Å². The lowest BCUT2D eigenvalue weighted by Gasteiger charge is -2.06. The molecule has 0 radical (unpaired) electrons. The molecule has 33 heavy (non-hydrogen) atoms. The van der Waals surface area contributed by atoms with Gasteiger partial charge in [-0.15, -0.1) is 10.2 Å². The summed E-state index contributed by atoms with van der Waals surface area (Å²) in [4.78, 5) is 19.8. The molecule has 0 amide bonds.